The predicted molar refractivity (Wildman–Crippen MR) is 170 cm³/mol. The molecule has 44 heavy (non-hydrogen) atoms. The molecule has 0 aliphatic carbocycles. The molecule has 6 aromatic rings. The third-order valence-electron chi connectivity index (χ3n) is 7.48. The number of H-pyrrole nitrogens is 1. The smallest absolute Gasteiger partial charge is 0.205 e. The highest BCUT2D eigenvalue weighted by molar-refractivity contribution is 5.82. The monoisotopic (exact) mass is 588 g/mol. The minimum atomic E-state index is -0.635. The maximum Gasteiger partial charge on any atom is 0.205 e. The number of aryl methyl sites for hydroxylation is 1. The molecule has 1 N–H and O–H groups in total. The SMILES string of the molecule is CCCCc1nc2cc(-c3ccccn3)c(C(OCC)OCC)nc2n1Cc1ccc(-c2ccccc2)c(-c2nn[nH]n2)c1. The van der Waals surface area contributed by atoms with Gasteiger partial charge in [0, 0.05) is 37.0 Å². The Morgan fingerprint density at radius 2 is 1.66 bits per heavy atom. The maximum atomic E-state index is 6.06. The van der Waals surface area contributed by atoms with E-state index in [1.165, 1.54) is 0 Å². The highest BCUT2D eigenvalue weighted by atomic mass is 16.7. The van der Waals surface area contributed by atoms with E-state index in [0.717, 1.165) is 69.8 Å². The zero-order valence-electron chi connectivity index (χ0n) is 25.3. The normalized spacial score (nSPS) is 11.5. The minimum absolute atomic E-state index is 0.486. The summed E-state index contributed by atoms with van der Waals surface area (Å²) in [6.45, 7) is 7.64. The van der Waals surface area contributed by atoms with Crippen molar-refractivity contribution in [2.45, 2.75) is 52.9 Å². The molecule has 10 nitrogen and oxygen atoms in total. The second-order valence-electron chi connectivity index (χ2n) is 10.4. The Morgan fingerprint density at radius 1 is 0.841 bits per heavy atom. The first-order valence-electron chi connectivity index (χ1n) is 15.2. The summed E-state index contributed by atoms with van der Waals surface area (Å²) in [5, 5.41) is 15.0. The Bertz CT molecular complexity index is 1800. The van der Waals surface area contributed by atoms with Crippen LogP contribution in [0.1, 0.15) is 57.0 Å². The Labute approximate surface area is 256 Å². The second kappa shape index (κ2) is 13.7. The second-order valence-corrected chi connectivity index (χ2v) is 10.4. The first-order chi connectivity index (χ1) is 21.7. The van der Waals surface area contributed by atoms with Gasteiger partial charge < -0.3 is 14.0 Å². The molecule has 0 saturated carbocycles. The molecule has 0 unspecified atom stereocenters. The summed E-state index contributed by atoms with van der Waals surface area (Å²) in [6.07, 6.45) is 4.06. The van der Waals surface area contributed by atoms with Crippen molar-refractivity contribution in [3.63, 3.8) is 0 Å². The largest absolute Gasteiger partial charge is 0.347 e. The van der Waals surface area contributed by atoms with Crippen molar-refractivity contribution in [1.82, 2.24) is 40.1 Å². The summed E-state index contributed by atoms with van der Waals surface area (Å²) in [4.78, 5) is 15.0. The third-order valence-corrected chi connectivity index (χ3v) is 7.48. The van der Waals surface area contributed by atoms with Crippen LogP contribution in [-0.2, 0) is 22.4 Å². The summed E-state index contributed by atoms with van der Waals surface area (Å²) in [6, 6.07) is 24.6. The molecular formula is C34H36N8O2. The van der Waals surface area contributed by atoms with E-state index in [9.17, 15) is 0 Å². The van der Waals surface area contributed by atoms with Crippen LogP contribution in [0.5, 0.6) is 0 Å². The molecule has 4 aromatic heterocycles. The summed E-state index contributed by atoms with van der Waals surface area (Å²) < 4.78 is 14.3. The molecule has 10 heteroatoms. The number of tetrazole rings is 1. The number of hydrogen-bond donors (Lipinski definition) is 1. The Kier molecular flexibility index (Phi) is 9.09. The number of nitrogens with one attached hydrogen (secondary N) is 1. The van der Waals surface area contributed by atoms with Gasteiger partial charge in [0.25, 0.3) is 0 Å². The van der Waals surface area contributed by atoms with E-state index in [4.69, 9.17) is 19.4 Å². The van der Waals surface area contributed by atoms with Crippen molar-refractivity contribution in [2.24, 2.45) is 0 Å². The summed E-state index contributed by atoms with van der Waals surface area (Å²) in [5.41, 5.74) is 8.03. The number of ether oxygens (including phenoxy) is 2. The van der Waals surface area contributed by atoms with Gasteiger partial charge in [-0.05, 0) is 66.4 Å². The molecule has 0 aliphatic heterocycles. The van der Waals surface area contributed by atoms with Gasteiger partial charge in [-0.15, -0.1) is 10.2 Å². The molecule has 224 valence electrons. The van der Waals surface area contributed by atoms with Gasteiger partial charge in [0.05, 0.1) is 12.2 Å². The number of aromatic amines is 1. The lowest BCUT2D eigenvalue weighted by Gasteiger charge is -2.20. The highest BCUT2D eigenvalue weighted by Crippen LogP contribution is 2.34. The molecule has 0 aliphatic rings. The van der Waals surface area contributed by atoms with Crippen LogP contribution in [0.3, 0.4) is 0 Å². The number of hydrogen-bond acceptors (Lipinski definition) is 8. The maximum absolute atomic E-state index is 6.06. The van der Waals surface area contributed by atoms with Crippen molar-refractivity contribution in [2.75, 3.05) is 13.2 Å². The van der Waals surface area contributed by atoms with Crippen LogP contribution >= 0.6 is 0 Å². The fourth-order valence-electron chi connectivity index (χ4n) is 5.42. The third kappa shape index (κ3) is 6.13. The van der Waals surface area contributed by atoms with Gasteiger partial charge in [-0.2, -0.15) is 5.21 Å². The summed E-state index contributed by atoms with van der Waals surface area (Å²) in [5.74, 6) is 1.53. The Hall–Kier alpha value is -4.80. The molecule has 0 fully saturated rings. The number of nitrogens with zero attached hydrogens (tertiary/aromatic N) is 7. The highest BCUT2D eigenvalue weighted by Gasteiger charge is 2.24. The number of imidazole rings is 1. The topological polar surface area (TPSA) is 117 Å². The molecule has 0 saturated heterocycles. The summed E-state index contributed by atoms with van der Waals surface area (Å²) >= 11 is 0. The number of fused-ring (bicyclic) bond motifs is 1. The lowest BCUT2D eigenvalue weighted by atomic mass is 9.97. The molecular weight excluding hydrogens is 552 g/mol. The van der Waals surface area contributed by atoms with Gasteiger partial charge in [-0.1, -0.05) is 61.9 Å². The Morgan fingerprint density at radius 3 is 2.36 bits per heavy atom. The van der Waals surface area contributed by atoms with E-state index in [1.54, 1.807) is 6.20 Å². The average Bonchev–Trinajstić information content (AvgIpc) is 3.72. The quantitative estimate of drug-likeness (QED) is 0.146. The van der Waals surface area contributed by atoms with Gasteiger partial charge in [-0.25, -0.2) is 9.97 Å². The summed E-state index contributed by atoms with van der Waals surface area (Å²) in [7, 11) is 0. The fraction of sp³-hybridized carbons (Fsp3) is 0.294. The number of benzene rings is 2. The first kappa shape index (κ1) is 29.3. The fourth-order valence-corrected chi connectivity index (χ4v) is 5.42. The van der Waals surface area contributed by atoms with Gasteiger partial charge in [0.15, 0.2) is 5.65 Å². The Balaban J connectivity index is 1.50. The van der Waals surface area contributed by atoms with E-state index < -0.39 is 6.29 Å². The van der Waals surface area contributed by atoms with Crippen LogP contribution in [0.2, 0.25) is 0 Å². The van der Waals surface area contributed by atoms with E-state index in [-0.39, 0.29) is 0 Å². The van der Waals surface area contributed by atoms with Gasteiger partial charge in [0.1, 0.15) is 17.0 Å². The van der Waals surface area contributed by atoms with E-state index in [2.05, 4.69) is 73.5 Å². The standard InChI is InChI=1S/C34H36N8O2/c1-4-7-16-30-36-29-21-27(28-15-11-12-19-35-28)31(34(43-5-2)44-6-3)37-33(29)42(30)22-23-17-18-25(24-13-9-8-10-14-24)26(20-23)32-38-40-41-39-32/h8-15,17-21,34H,4-7,16,22H2,1-3H3,(H,38,39,40,41). The molecule has 0 amide bonds. The van der Waals surface area contributed by atoms with Crippen molar-refractivity contribution >= 4 is 11.2 Å². The van der Waals surface area contributed by atoms with Gasteiger partial charge in [0.2, 0.25) is 12.1 Å². The van der Waals surface area contributed by atoms with Crippen LogP contribution < -0.4 is 0 Å². The first-order valence-corrected chi connectivity index (χ1v) is 15.2. The lowest BCUT2D eigenvalue weighted by Crippen LogP contribution is -2.14. The van der Waals surface area contributed by atoms with E-state index in [0.29, 0.717) is 31.3 Å². The molecule has 0 radical (unpaired) electrons. The minimum Gasteiger partial charge on any atom is -0.347 e. The number of rotatable bonds is 13. The lowest BCUT2D eigenvalue weighted by molar-refractivity contribution is -0.142. The molecule has 6 rings (SSSR count). The van der Waals surface area contributed by atoms with Crippen molar-refractivity contribution < 1.29 is 9.47 Å². The average molecular weight is 589 g/mol. The van der Waals surface area contributed by atoms with Crippen LogP contribution in [0.25, 0.3) is 44.9 Å². The predicted octanol–water partition coefficient (Wildman–Crippen LogP) is 6.80. The van der Waals surface area contributed by atoms with Crippen LogP contribution in [0.15, 0.2) is 79.0 Å². The van der Waals surface area contributed by atoms with Crippen LogP contribution in [0.4, 0.5) is 0 Å². The van der Waals surface area contributed by atoms with Crippen LogP contribution in [-0.4, -0.2) is 53.4 Å². The van der Waals surface area contributed by atoms with Crippen molar-refractivity contribution in [1.29, 1.82) is 0 Å². The molecule has 0 spiro atoms. The number of pyridine rings is 2. The zero-order valence-corrected chi connectivity index (χ0v) is 25.3. The van der Waals surface area contributed by atoms with Crippen molar-refractivity contribution in [3.05, 3.63) is 96.1 Å². The molecule has 0 bridgehead atoms. The molecule has 0 atom stereocenters. The number of aromatic nitrogens is 8. The van der Waals surface area contributed by atoms with Crippen LogP contribution in [0, 0.1) is 0 Å². The molecule has 2 aromatic carbocycles. The van der Waals surface area contributed by atoms with Gasteiger partial charge >= 0.3 is 0 Å². The van der Waals surface area contributed by atoms with Crippen molar-refractivity contribution in [3.8, 4) is 33.8 Å². The van der Waals surface area contributed by atoms with E-state index in [1.807, 2.05) is 50.2 Å². The zero-order chi connectivity index (χ0) is 30.3. The van der Waals surface area contributed by atoms with E-state index >= 15 is 0 Å². The van der Waals surface area contributed by atoms with Gasteiger partial charge in [-0.3, -0.25) is 4.98 Å². The number of unbranched alkanes of at least 4 members (excludes halogenated alkanes) is 1. The molecule has 4 heterocycles.